The maximum Gasteiger partial charge on any atom is 0.127 e. The smallest absolute Gasteiger partial charge is 0.127 e. The van der Waals surface area contributed by atoms with Crippen LogP contribution < -0.4 is 4.74 Å². The van der Waals surface area contributed by atoms with Gasteiger partial charge in [-0.2, -0.15) is 0 Å². The fraction of sp³-hybridized carbons (Fsp3) is 0.379. The van der Waals surface area contributed by atoms with Gasteiger partial charge in [-0.3, -0.25) is 4.98 Å². The molecule has 34 heavy (non-hydrogen) atoms. The second-order valence-electron chi connectivity index (χ2n) is 9.18. The number of hydrogen-bond donors (Lipinski definition) is 0. The number of benzene rings is 2. The van der Waals surface area contributed by atoms with Gasteiger partial charge in [-0.1, -0.05) is 49.6 Å². The molecule has 2 aliphatic carbocycles. The molecule has 0 atom stereocenters. The third-order valence-corrected chi connectivity index (χ3v) is 7.89. The predicted molar refractivity (Wildman–Crippen MR) is 140 cm³/mol. The number of rotatable bonds is 12. The first-order chi connectivity index (χ1) is 16.7. The topological polar surface area (TPSA) is 31.4 Å². The second-order valence-corrected chi connectivity index (χ2v) is 10.8. The van der Waals surface area contributed by atoms with Crippen LogP contribution in [0.2, 0.25) is 5.02 Å². The van der Waals surface area contributed by atoms with Crippen molar-refractivity contribution in [1.82, 2.24) is 4.98 Å². The number of para-hydroxylation sites is 1. The highest BCUT2D eigenvalue weighted by molar-refractivity contribution is 7.99. The standard InChI is InChI=1S/C29H31ClNO2S/c1-2-3-6-17-34-23-11-12-27(30)21(18-23)20-32-29(14-15-29)26-19-31-16-13-24(26)25-7-4-5-8-28(25)33-22-9-10-22/h4-5,7-8,11-13,16,18-19,22H,1-3,6,9-10,14-15,17,20H2. The summed E-state index contributed by atoms with van der Waals surface area (Å²) in [5.41, 5.74) is 4.11. The van der Waals surface area contributed by atoms with Crippen molar-refractivity contribution in [2.24, 2.45) is 0 Å². The molecule has 0 N–H and O–H groups in total. The van der Waals surface area contributed by atoms with Crippen molar-refractivity contribution in [1.29, 1.82) is 0 Å². The molecular weight excluding hydrogens is 462 g/mol. The summed E-state index contributed by atoms with van der Waals surface area (Å²) < 4.78 is 12.8. The van der Waals surface area contributed by atoms with Crippen LogP contribution in [0.25, 0.3) is 11.1 Å². The zero-order valence-electron chi connectivity index (χ0n) is 19.5. The van der Waals surface area contributed by atoms with Gasteiger partial charge in [0.2, 0.25) is 0 Å². The Kier molecular flexibility index (Phi) is 7.48. The number of ether oxygens (including phenoxy) is 2. The predicted octanol–water partition coefficient (Wildman–Crippen LogP) is 8.25. The fourth-order valence-corrected chi connectivity index (χ4v) is 5.34. The monoisotopic (exact) mass is 492 g/mol. The molecule has 5 rings (SSSR count). The summed E-state index contributed by atoms with van der Waals surface area (Å²) >= 11 is 8.43. The molecule has 0 saturated heterocycles. The molecule has 2 aromatic carbocycles. The Balaban J connectivity index is 1.34. The van der Waals surface area contributed by atoms with E-state index >= 15 is 0 Å². The van der Waals surface area contributed by atoms with E-state index in [4.69, 9.17) is 21.1 Å². The van der Waals surface area contributed by atoms with Gasteiger partial charge in [-0.15, -0.1) is 11.8 Å². The normalized spacial score (nSPS) is 16.4. The minimum absolute atomic E-state index is 0.323. The van der Waals surface area contributed by atoms with Gasteiger partial charge in [0.1, 0.15) is 5.75 Å². The highest BCUT2D eigenvalue weighted by Gasteiger charge is 2.47. The zero-order chi connectivity index (χ0) is 23.4. The van der Waals surface area contributed by atoms with E-state index in [0.717, 1.165) is 70.9 Å². The molecule has 5 heteroatoms. The molecule has 1 aromatic heterocycles. The lowest BCUT2D eigenvalue weighted by Gasteiger charge is -2.22. The molecule has 3 aromatic rings. The number of aromatic nitrogens is 1. The Hall–Kier alpha value is -2.01. The first kappa shape index (κ1) is 23.7. The van der Waals surface area contributed by atoms with E-state index in [9.17, 15) is 0 Å². The van der Waals surface area contributed by atoms with Crippen molar-refractivity contribution in [2.75, 3.05) is 5.75 Å². The van der Waals surface area contributed by atoms with Crippen LogP contribution in [0, 0.1) is 6.92 Å². The molecule has 0 amide bonds. The van der Waals surface area contributed by atoms with Gasteiger partial charge < -0.3 is 9.47 Å². The van der Waals surface area contributed by atoms with Crippen LogP contribution in [0.1, 0.15) is 56.1 Å². The van der Waals surface area contributed by atoms with Crippen LogP contribution >= 0.6 is 23.4 Å². The largest absolute Gasteiger partial charge is 0.490 e. The van der Waals surface area contributed by atoms with E-state index in [0.29, 0.717) is 12.7 Å². The van der Waals surface area contributed by atoms with Crippen molar-refractivity contribution in [2.45, 2.75) is 68.2 Å². The third kappa shape index (κ3) is 5.62. The minimum atomic E-state index is -0.323. The van der Waals surface area contributed by atoms with E-state index in [2.05, 4.69) is 48.3 Å². The molecule has 1 radical (unpaired) electrons. The fourth-order valence-electron chi connectivity index (χ4n) is 4.19. The maximum atomic E-state index is 6.60. The molecule has 2 fully saturated rings. The van der Waals surface area contributed by atoms with E-state index in [1.165, 1.54) is 17.7 Å². The zero-order valence-corrected chi connectivity index (χ0v) is 21.0. The lowest BCUT2D eigenvalue weighted by atomic mass is 9.96. The Morgan fingerprint density at radius 2 is 1.91 bits per heavy atom. The van der Waals surface area contributed by atoms with Crippen molar-refractivity contribution in [3.63, 3.8) is 0 Å². The highest BCUT2D eigenvalue weighted by Crippen LogP contribution is 2.53. The summed E-state index contributed by atoms with van der Waals surface area (Å²) in [6.45, 7) is 4.41. The second kappa shape index (κ2) is 10.7. The molecule has 0 bridgehead atoms. The average molecular weight is 493 g/mol. The van der Waals surface area contributed by atoms with Gasteiger partial charge in [0.15, 0.2) is 0 Å². The molecule has 3 nitrogen and oxygen atoms in total. The summed E-state index contributed by atoms with van der Waals surface area (Å²) in [5.74, 6) is 2.04. The van der Waals surface area contributed by atoms with Crippen molar-refractivity contribution in [3.8, 4) is 16.9 Å². The Morgan fingerprint density at radius 3 is 2.71 bits per heavy atom. The lowest BCUT2D eigenvalue weighted by molar-refractivity contribution is 0.0173. The van der Waals surface area contributed by atoms with Crippen molar-refractivity contribution < 1.29 is 9.47 Å². The quantitative estimate of drug-likeness (QED) is 0.188. The van der Waals surface area contributed by atoms with E-state index < -0.39 is 0 Å². The minimum Gasteiger partial charge on any atom is -0.490 e. The molecule has 0 aliphatic heterocycles. The van der Waals surface area contributed by atoms with Crippen LogP contribution in [0.15, 0.2) is 65.8 Å². The van der Waals surface area contributed by atoms with Crippen LogP contribution in [-0.2, 0) is 16.9 Å². The summed E-state index contributed by atoms with van der Waals surface area (Å²) in [7, 11) is 0. The van der Waals surface area contributed by atoms with Crippen LogP contribution in [0.5, 0.6) is 5.75 Å². The SMILES string of the molecule is [CH2]CCCCSc1ccc(Cl)c(COC2(c3cnccc3-c3ccccc3OC3CC3)CC2)c1. The van der Waals surface area contributed by atoms with Gasteiger partial charge >= 0.3 is 0 Å². The first-order valence-corrected chi connectivity index (χ1v) is 13.6. The van der Waals surface area contributed by atoms with Gasteiger partial charge in [0.05, 0.1) is 18.3 Å². The van der Waals surface area contributed by atoms with Gasteiger partial charge in [-0.25, -0.2) is 0 Å². The average Bonchev–Trinajstić information content (AvgIpc) is 3.80. The Labute approximate surface area is 212 Å². The molecule has 0 unspecified atom stereocenters. The number of thioether (sulfide) groups is 1. The highest BCUT2D eigenvalue weighted by atomic mass is 35.5. The number of pyridine rings is 1. The van der Waals surface area contributed by atoms with Crippen molar-refractivity contribution >= 4 is 23.4 Å². The molecule has 2 saturated carbocycles. The van der Waals surface area contributed by atoms with Crippen LogP contribution in [-0.4, -0.2) is 16.8 Å². The number of hydrogen-bond acceptors (Lipinski definition) is 4. The molecule has 1 heterocycles. The third-order valence-electron chi connectivity index (χ3n) is 6.45. The number of unbranched alkanes of at least 4 members (excludes halogenated alkanes) is 2. The van der Waals surface area contributed by atoms with E-state index in [1.807, 2.05) is 36.3 Å². The molecule has 177 valence electrons. The lowest BCUT2D eigenvalue weighted by Crippen LogP contribution is -2.14. The van der Waals surface area contributed by atoms with Crippen LogP contribution in [0.4, 0.5) is 0 Å². The molecule has 0 spiro atoms. The number of halogens is 1. The summed E-state index contributed by atoms with van der Waals surface area (Å²) in [6.07, 6.45) is 11.8. The summed E-state index contributed by atoms with van der Waals surface area (Å²) in [6, 6.07) is 16.7. The van der Waals surface area contributed by atoms with Crippen molar-refractivity contribution in [3.05, 3.63) is 84.0 Å². The maximum absolute atomic E-state index is 6.60. The number of nitrogens with zero attached hydrogens (tertiary/aromatic N) is 1. The van der Waals surface area contributed by atoms with Gasteiger partial charge in [0, 0.05) is 33.4 Å². The van der Waals surface area contributed by atoms with E-state index in [-0.39, 0.29) is 5.60 Å². The first-order valence-electron chi connectivity index (χ1n) is 12.2. The Bertz CT molecular complexity index is 1130. The van der Waals surface area contributed by atoms with Gasteiger partial charge in [0.25, 0.3) is 0 Å². The summed E-state index contributed by atoms with van der Waals surface area (Å²) in [4.78, 5) is 5.70. The van der Waals surface area contributed by atoms with Crippen LogP contribution in [0.3, 0.4) is 0 Å². The van der Waals surface area contributed by atoms with Gasteiger partial charge in [-0.05, 0) is 79.3 Å². The molecular formula is C29H31ClNO2S. The molecule has 2 aliphatic rings. The summed E-state index contributed by atoms with van der Waals surface area (Å²) in [5, 5.41) is 0.757. The Morgan fingerprint density at radius 1 is 1.06 bits per heavy atom. The van der Waals surface area contributed by atoms with E-state index in [1.54, 1.807) is 0 Å².